The fourth-order valence-electron chi connectivity index (χ4n) is 2.55. The summed E-state index contributed by atoms with van der Waals surface area (Å²) in [7, 11) is -3.22. The topological polar surface area (TPSA) is 91.8 Å². The van der Waals surface area contributed by atoms with Crippen LogP contribution in [0.4, 0.5) is 0 Å². The number of carbonyl (C=O) groups excluding carboxylic acids is 1. The normalized spacial score (nSPS) is 23.1. The number of nitrogens with zero attached hydrogens (tertiary/aromatic N) is 1. The van der Waals surface area contributed by atoms with Gasteiger partial charge in [0.05, 0.1) is 5.75 Å². The predicted octanol–water partition coefficient (Wildman–Crippen LogP) is 0.523. The molecule has 0 radical (unpaired) electrons. The van der Waals surface area contributed by atoms with E-state index >= 15 is 0 Å². The summed E-state index contributed by atoms with van der Waals surface area (Å²) in [6, 6.07) is -0.881. The van der Waals surface area contributed by atoms with Crippen molar-refractivity contribution in [2.24, 2.45) is 5.41 Å². The molecule has 1 atom stereocenters. The molecule has 1 aliphatic rings. The number of piperidine rings is 1. The summed E-state index contributed by atoms with van der Waals surface area (Å²) in [5, 5.41) is 9.31. The number of hydrogen-bond donors (Lipinski definition) is 1. The Hall–Kier alpha value is -1.11. The first-order chi connectivity index (χ1) is 8.54. The molecule has 1 amide bonds. The van der Waals surface area contributed by atoms with E-state index in [0.29, 0.717) is 6.54 Å². The molecule has 0 aromatic heterocycles. The van der Waals surface area contributed by atoms with Crippen molar-refractivity contribution in [2.45, 2.75) is 39.2 Å². The maximum Gasteiger partial charge on any atom is 0.326 e. The lowest BCUT2D eigenvalue weighted by molar-refractivity contribution is -0.158. The molecule has 0 saturated carbocycles. The summed E-state index contributed by atoms with van der Waals surface area (Å²) in [6.45, 7) is 4.02. The molecule has 1 saturated heterocycles. The molecular weight excluding hydrogens is 270 g/mol. The van der Waals surface area contributed by atoms with Crippen LogP contribution in [-0.2, 0) is 19.4 Å². The van der Waals surface area contributed by atoms with Crippen LogP contribution in [0.25, 0.3) is 0 Å². The summed E-state index contributed by atoms with van der Waals surface area (Å²) in [6.07, 6.45) is 2.38. The van der Waals surface area contributed by atoms with E-state index in [1.165, 1.54) is 4.90 Å². The second kappa shape index (κ2) is 5.48. The number of rotatable bonds is 4. The van der Waals surface area contributed by atoms with Gasteiger partial charge in [0.25, 0.3) is 0 Å². The molecule has 6 nitrogen and oxygen atoms in total. The van der Waals surface area contributed by atoms with Gasteiger partial charge in [0.1, 0.15) is 15.9 Å². The highest BCUT2D eigenvalue weighted by molar-refractivity contribution is 7.90. The van der Waals surface area contributed by atoms with Gasteiger partial charge < -0.3 is 10.0 Å². The Morgan fingerprint density at radius 3 is 2.42 bits per heavy atom. The highest BCUT2D eigenvalue weighted by Crippen LogP contribution is 2.35. The van der Waals surface area contributed by atoms with Crippen LogP contribution in [0.2, 0.25) is 0 Å². The van der Waals surface area contributed by atoms with Gasteiger partial charge in [-0.3, -0.25) is 4.79 Å². The fourth-order valence-corrected chi connectivity index (χ4v) is 3.09. The molecule has 0 aromatic carbocycles. The molecule has 1 N–H and O–H groups in total. The second-order valence-corrected chi connectivity index (χ2v) is 8.06. The molecule has 1 fully saturated rings. The minimum absolute atomic E-state index is 0.154. The lowest BCUT2D eigenvalue weighted by Gasteiger charge is -2.44. The summed E-state index contributed by atoms with van der Waals surface area (Å²) in [4.78, 5) is 24.7. The fraction of sp³-hybridized carbons (Fsp3) is 0.833. The number of carboxylic acid groups (broad SMARTS) is 1. The smallest absolute Gasteiger partial charge is 0.326 e. The number of likely N-dealkylation sites (tertiary alicyclic amines) is 1. The largest absolute Gasteiger partial charge is 0.480 e. The summed E-state index contributed by atoms with van der Waals surface area (Å²) >= 11 is 0. The van der Waals surface area contributed by atoms with E-state index in [1.807, 2.05) is 13.8 Å². The Balaban J connectivity index is 2.84. The van der Waals surface area contributed by atoms with Crippen molar-refractivity contribution in [3.8, 4) is 0 Å². The Kier molecular flexibility index (Phi) is 4.60. The van der Waals surface area contributed by atoms with Gasteiger partial charge >= 0.3 is 5.97 Å². The zero-order chi connectivity index (χ0) is 14.8. The molecule has 7 heteroatoms. The van der Waals surface area contributed by atoms with Crippen molar-refractivity contribution in [1.29, 1.82) is 0 Å². The van der Waals surface area contributed by atoms with Gasteiger partial charge in [0, 0.05) is 19.2 Å². The molecule has 0 aromatic rings. The number of amides is 1. The van der Waals surface area contributed by atoms with Gasteiger partial charge in [0.15, 0.2) is 0 Å². The van der Waals surface area contributed by atoms with E-state index in [0.717, 1.165) is 19.1 Å². The molecule has 0 spiro atoms. The van der Waals surface area contributed by atoms with Crippen molar-refractivity contribution in [3.05, 3.63) is 0 Å². The predicted molar refractivity (Wildman–Crippen MR) is 70.5 cm³/mol. The van der Waals surface area contributed by atoms with Crippen molar-refractivity contribution in [1.82, 2.24) is 4.90 Å². The first kappa shape index (κ1) is 15.9. The quantitative estimate of drug-likeness (QED) is 0.815. The van der Waals surface area contributed by atoms with Crippen molar-refractivity contribution in [2.75, 3.05) is 18.6 Å². The highest BCUT2D eigenvalue weighted by atomic mass is 32.2. The minimum atomic E-state index is -3.22. The molecule has 1 unspecified atom stereocenters. The summed E-state index contributed by atoms with van der Waals surface area (Å²) in [5.41, 5.74) is -0.495. The monoisotopic (exact) mass is 291 g/mol. The Morgan fingerprint density at radius 2 is 1.95 bits per heavy atom. The SMILES string of the molecule is CC1(C)CCCN(C(=O)CCS(C)(=O)=O)C1C(=O)O. The Labute approximate surface area is 113 Å². The highest BCUT2D eigenvalue weighted by Gasteiger charge is 2.44. The van der Waals surface area contributed by atoms with Crippen molar-refractivity contribution >= 4 is 21.7 Å². The lowest BCUT2D eigenvalue weighted by Crippen LogP contribution is -2.56. The van der Waals surface area contributed by atoms with Crippen LogP contribution in [0.3, 0.4) is 0 Å². The summed E-state index contributed by atoms with van der Waals surface area (Å²) < 4.78 is 22.1. The van der Waals surface area contributed by atoms with Crippen LogP contribution in [0.15, 0.2) is 0 Å². The molecule has 0 bridgehead atoms. The van der Waals surface area contributed by atoms with E-state index in [2.05, 4.69) is 0 Å². The van der Waals surface area contributed by atoms with Crippen molar-refractivity contribution in [3.63, 3.8) is 0 Å². The minimum Gasteiger partial charge on any atom is -0.480 e. The first-order valence-corrected chi connectivity index (χ1v) is 8.31. The lowest BCUT2D eigenvalue weighted by atomic mass is 9.76. The van der Waals surface area contributed by atoms with Gasteiger partial charge in [0.2, 0.25) is 5.91 Å². The van der Waals surface area contributed by atoms with Crippen LogP contribution >= 0.6 is 0 Å². The maximum atomic E-state index is 12.0. The van der Waals surface area contributed by atoms with Crippen LogP contribution in [0.1, 0.15) is 33.1 Å². The number of hydrogen-bond acceptors (Lipinski definition) is 4. The van der Waals surface area contributed by atoms with Gasteiger partial charge in [-0.15, -0.1) is 0 Å². The van der Waals surface area contributed by atoms with E-state index in [9.17, 15) is 23.1 Å². The van der Waals surface area contributed by atoms with Gasteiger partial charge in [-0.25, -0.2) is 13.2 Å². The van der Waals surface area contributed by atoms with Gasteiger partial charge in [-0.05, 0) is 18.3 Å². The molecule has 1 aliphatic heterocycles. The number of carbonyl (C=O) groups is 2. The van der Waals surface area contributed by atoms with Crippen LogP contribution in [0, 0.1) is 5.41 Å². The number of sulfone groups is 1. The molecule has 19 heavy (non-hydrogen) atoms. The third kappa shape index (κ3) is 4.19. The van der Waals surface area contributed by atoms with Crippen LogP contribution in [0.5, 0.6) is 0 Å². The number of aliphatic carboxylic acids is 1. The maximum absolute atomic E-state index is 12.0. The molecule has 1 heterocycles. The third-order valence-electron chi connectivity index (χ3n) is 3.51. The van der Waals surface area contributed by atoms with E-state index < -0.39 is 33.2 Å². The number of carboxylic acids is 1. The zero-order valence-corrected chi connectivity index (χ0v) is 12.4. The Bertz CT molecular complexity index is 469. The van der Waals surface area contributed by atoms with E-state index in [-0.39, 0.29) is 12.2 Å². The molecule has 1 rings (SSSR count). The van der Waals surface area contributed by atoms with Gasteiger partial charge in [-0.2, -0.15) is 0 Å². The van der Waals surface area contributed by atoms with E-state index in [4.69, 9.17) is 0 Å². The average molecular weight is 291 g/mol. The first-order valence-electron chi connectivity index (χ1n) is 6.24. The third-order valence-corrected chi connectivity index (χ3v) is 4.46. The molecule has 110 valence electrons. The average Bonchev–Trinajstić information content (AvgIpc) is 2.22. The Morgan fingerprint density at radius 1 is 1.37 bits per heavy atom. The zero-order valence-electron chi connectivity index (χ0n) is 11.5. The standard InChI is InChI=1S/C12H21NO5S/c1-12(2)6-4-7-13(10(12)11(15)16)9(14)5-8-19(3,17)18/h10H,4-8H2,1-3H3,(H,15,16). The molecule has 0 aliphatic carbocycles. The van der Waals surface area contributed by atoms with E-state index in [1.54, 1.807) is 0 Å². The van der Waals surface area contributed by atoms with Crippen LogP contribution in [-0.4, -0.2) is 54.9 Å². The summed E-state index contributed by atoms with van der Waals surface area (Å²) in [5.74, 6) is -1.67. The van der Waals surface area contributed by atoms with Gasteiger partial charge in [-0.1, -0.05) is 13.8 Å². The molecular formula is C12H21NO5S. The second-order valence-electron chi connectivity index (χ2n) is 5.80. The van der Waals surface area contributed by atoms with Crippen molar-refractivity contribution < 1.29 is 23.1 Å². The van der Waals surface area contributed by atoms with Crippen LogP contribution < -0.4 is 0 Å².